The van der Waals surface area contributed by atoms with Crippen molar-refractivity contribution in [2.45, 2.75) is 19.4 Å². The van der Waals surface area contributed by atoms with Gasteiger partial charge in [0, 0.05) is 0 Å². The summed E-state index contributed by atoms with van der Waals surface area (Å²) in [5.74, 6) is 0. The standard InChI is InChI=1S/C10H22O5/c1-10(2,12)9-15-8-7-14-6-5-13-4-3-11/h11-12H,3-9H2,1-2H3. The molecule has 0 aliphatic carbocycles. The third kappa shape index (κ3) is 13.8. The lowest BCUT2D eigenvalue weighted by atomic mass is 10.2. The van der Waals surface area contributed by atoms with Gasteiger partial charge in [0.05, 0.1) is 51.8 Å². The molecule has 0 bridgehead atoms. The molecule has 92 valence electrons. The molecule has 0 unspecified atom stereocenters. The van der Waals surface area contributed by atoms with E-state index in [4.69, 9.17) is 19.3 Å². The Kier molecular flexibility index (Phi) is 8.94. The molecule has 0 aliphatic heterocycles. The van der Waals surface area contributed by atoms with Crippen molar-refractivity contribution in [3.05, 3.63) is 0 Å². The maximum Gasteiger partial charge on any atom is 0.0824 e. The molecule has 0 fully saturated rings. The molecular formula is C10H22O5. The van der Waals surface area contributed by atoms with Crippen molar-refractivity contribution >= 4 is 0 Å². The van der Waals surface area contributed by atoms with Gasteiger partial charge in [0.15, 0.2) is 0 Å². The summed E-state index contributed by atoms with van der Waals surface area (Å²) in [5, 5.41) is 17.7. The van der Waals surface area contributed by atoms with Gasteiger partial charge < -0.3 is 24.4 Å². The van der Waals surface area contributed by atoms with Gasteiger partial charge in [0.25, 0.3) is 0 Å². The van der Waals surface area contributed by atoms with E-state index in [0.717, 1.165) is 0 Å². The minimum Gasteiger partial charge on any atom is -0.394 e. The second kappa shape index (κ2) is 9.06. The van der Waals surface area contributed by atoms with Gasteiger partial charge in [-0.25, -0.2) is 0 Å². The Morgan fingerprint density at radius 3 is 1.80 bits per heavy atom. The predicted octanol–water partition coefficient (Wildman–Crippen LogP) is -0.201. The first-order valence-electron chi connectivity index (χ1n) is 5.13. The molecule has 2 N–H and O–H groups in total. The summed E-state index contributed by atoms with van der Waals surface area (Å²) < 4.78 is 15.3. The van der Waals surface area contributed by atoms with Crippen molar-refractivity contribution in [1.82, 2.24) is 0 Å². The highest BCUT2D eigenvalue weighted by molar-refractivity contribution is 4.62. The quantitative estimate of drug-likeness (QED) is 0.501. The minimum atomic E-state index is -0.787. The summed E-state index contributed by atoms with van der Waals surface area (Å²) in [6, 6.07) is 0. The molecule has 0 rings (SSSR count). The predicted molar refractivity (Wildman–Crippen MR) is 55.8 cm³/mol. The van der Waals surface area contributed by atoms with Crippen molar-refractivity contribution in [2.75, 3.05) is 46.2 Å². The molecule has 0 saturated carbocycles. The highest BCUT2D eigenvalue weighted by atomic mass is 16.5. The third-order valence-electron chi connectivity index (χ3n) is 1.43. The van der Waals surface area contributed by atoms with E-state index in [2.05, 4.69) is 0 Å². The van der Waals surface area contributed by atoms with Crippen LogP contribution in [0, 0.1) is 0 Å². The zero-order valence-corrected chi connectivity index (χ0v) is 9.57. The van der Waals surface area contributed by atoms with Gasteiger partial charge in [-0.2, -0.15) is 0 Å². The van der Waals surface area contributed by atoms with E-state index >= 15 is 0 Å². The normalized spacial score (nSPS) is 12.0. The molecule has 0 aliphatic rings. The van der Waals surface area contributed by atoms with E-state index in [1.54, 1.807) is 13.8 Å². The first-order valence-corrected chi connectivity index (χ1v) is 5.13. The molecule has 0 radical (unpaired) electrons. The zero-order valence-electron chi connectivity index (χ0n) is 9.57. The smallest absolute Gasteiger partial charge is 0.0824 e. The van der Waals surface area contributed by atoms with Crippen LogP contribution in [-0.4, -0.2) is 62.1 Å². The van der Waals surface area contributed by atoms with Crippen LogP contribution < -0.4 is 0 Å². The van der Waals surface area contributed by atoms with Crippen LogP contribution in [0.3, 0.4) is 0 Å². The first kappa shape index (κ1) is 14.8. The molecule has 0 spiro atoms. The van der Waals surface area contributed by atoms with Gasteiger partial charge in [-0.15, -0.1) is 0 Å². The van der Waals surface area contributed by atoms with Crippen LogP contribution in [0.5, 0.6) is 0 Å². The molecule has 0 amide bonds. The van der Waals surface area contributed by atoms with E-state index in [-0.39, 0.29) is 6.61 Å². The molecule has 0 atom stereocenters. The Hall–Kier alpha value is -0.200. The molecule has 0 aromatic carbocycles. The Bertz CT molecular complexity index is 132. The van der Waals surface area contributed by atoms with Gasteiger partial charge in [-0.05, 0) is 13.8 Å². The molecule has 0 aromatic rings. The Morgan fingerprint density at radius 2 is 1.33 bits per heavy atom. The van der Waals surface area contributed by atoms with Gasteiger partial charge in [-0.1, -0.05) is 0 Å². The molecule has 15 heavy (non-hydrogen) atoms. The van der Waals surface area contributed by atoms with Crippen molar-refractivity contribution in [2.24, 2.45) is 0 Å². The van der Waals surface area contributed by atoms with Crippen LogP contribution in [0.25, 0.3) is 0 Å². The molecule has 5 heteroatoms. The number of hydrogen-bond donors (Lipinski definition) is 2. The number of rotatable bonds is 10. The summed E-state index contributed by atoms with van der Waals surface area (Å²) in [7, 11) is 0. The van der Waals surface area contributed by atoms with Crippen LogP contribution in [0.4, 0.5) is 0 Å². The summed E-state index contributed by atoms with van der Waals surface area (Å²) in [5.41, 5.74) is -0.787. The van der Waals surface area contributed by atoms with E-state index < -0.39 is 5.60 Å². The summed E-state index contributed by atoms with van der Waals surface area (Å²) in [6.07, 6.45) is 0. The Labute approximate surface area is 91.0 Å². The minimum absolute atomic E-state index is 0.0364. The second-order valence-electron chi connectivity index (χ2n) is 3.81. The van der Waals surface area contributed by atoms with Crippen LogP contribution in [0.15, 0.2) is 0 Å². The Balaban J connectivity index is 2.99. The number of hydrogen-bond acceptors (Lipinski definition) is 5. The highest BCUT2D eigenvalue weighted by Crippen LogP contribution is 2.00. The topological polar surface area (TPSA) is 68.2 Å². The number of aliphatic hydroxyl groups excluding tert-OH is 1. The van der Waals surface area contributed by atoms with Crippen LogP contribution in [-0.2, 0) is 14.2 Å². The zero-order chi connectivity index (χ0) is 11.6. The lowest BCUT2D eigenvalue weighted by Gasteiger charge is -2.16. The molecule has 0 aromatic heterocycles. The Morgan fingerprint density at radius 1 is 0.867 bits per heavy atom. The van der Waals surface area contributed by atoms with Crippen molar-refractivity contribution in [1.29, 1.82) is 0 Å². The lowest BCUT2D eigenvalue weighted by molar-refractivity contribution is -0.0429. The van der Waals surface area contributed by atoms with Crippen LogP contribution in [0.1, 0.15) is 13.8 Å². The van der Waals surface area contributed by atoms with Gasteiger partial charge in [-0.3, -0.25) is 0 Å². The fourth-order valence-corrected chi connectivity index (χ4v) is 0.826. The monoisotopic (exact) mass is 222 g/mol. The maximum absolute atomic E-state index is 9.31. The SMILES string of the molecule is CC(C)(O)COCCOCCOCCO. The van der Waals surface area contributed by atoms with Crippen molar-refractivity contribution in [3.8, 4) is 0 Å². The van der Waals surface area contributed by atoms with Gasteiger partial charge >= 0.3 is 0 Å². The second-order valence-corrected chi connectivity index (χ2v) is 3.81. The van der Waals surface area contributed by atoms with Crippen LogP contribution in [0.2, 0.25) is 0 Å². The average Bonchev–Trinajstić information content (AvgIpc) is 2.14. The summed E-state index contributed by atoms with van der Waals surface area (Å²) in [6.45, 7) is 5.98. The summed E-state index contributed by atoms with van der Waals surface area (Å²) in [4.78, 5) is 0. The van der Waals surface area contributed by atoms with Crippen molar-refractivity contribution in [3.63, 3.8) is 0 Å². The molecule has 0 heterocycles. The average molecular weight is 222 g/mol. The molecule has 0 saturated heterocycles. The largest absolute Gasteiger partial charge is 0.394 e. The summed E-state index contributed by atoms with van der Waals surface area (Å²) >= 11 is 0. The highest BCUT2D eigenvalue weighted by Gasteiger charge is 2.11. The fraction of sp³-hybridized carbons (Fsp3) is 1.00. The first-order chi connectivity index (χ1) is 7.06. The number of aliphatic hydroxyl groups is 2. The van der Waals surface area contributed by atoms with Gasteiger partial charge in [0.1, 0.15) is 0 Å². The van der Waals surface area contributed by atoms with Crippen LogP contribution >= 0.6 is 0 Å². The maximum atomic E-state index is 9.31. The van der Waals surface area contributed by atoms with E-state index in [0.29, 0.717) is 39.6 Å². The van der Waals surface area contributed by atoms with E-state index in [1.807, 2.05) is 0 Å². The van der Waals surface area contributed by atoms with Crippen molar-refractivity contribution < 1.29 is 24.4 Å². The fourth-order valence-electron chi connectivity index (χ4n) is 0.826. The van der Waals surface area contributed by atoms with Gasteiger partial charge in [0.2, 0.25) is 0 Å². The third-order valence-corrected chi connectivity index (χ3v) is 1.43. The molecular weight excluding hydrogens is 200 g/mol. The van der Waals surface area contributed by atoms with E-state index in [9.17, 15) is 5.11 Å². The lowest BCUT2D eigenvalue weighted by Crippen LogP contribution is -2.27. The molecule has 5 nitrogen and oxygen atoms in total. The number of ether oxygens (including phenoxy) is 3. The van der Waals surface area contributed by atoms with E-state index in [1.165, 1.54) is 0 Å².